The number of hydrogen-bond acceptors (Lipinski definition) is 5. The summed E-state index contributed by atoms with van der Waals surface area (Å²) in [7, 11) is 4.33. The summed E-state index contributed by atoms with van der Waals surface area (Å²) < 4.78 is 29.2. The molecule has 7 heteroatoms. The smallest absolute Gasteiger partial charge is 0.256 e. The minimum absolute atomic E-state index is 0.0956. The summed E-state index contributed by atoms with van der Waals surface area (Å²) in [5, 5.41) is 2.60. The first-order valence-electron chi connectivity index (χ1n) is 7.65. The second-order valence-corrected chi connectivity index (χ2v) is 5.48. The fourth-order valence-corrected chi connectivity index (χ4v) is 2.74. The number of ether oxygens (including phenoxy) is 3. The Morgan fingerprint density at radius 3 is 2.27 bits per heavy atom. The molecule has 2 aromatic rings. The molecule has 0 spiro atoms. The van der Waals surface area contributed by atoms with Crippen LogP contribution in [0, 0.1) is 5.82 Å². The zero-order chi connectivity index (χ0) is 18.8. The van der Waals surface area contributed by atoms with Crippen LogP contribution in [0.4, 0.5) is 10.1 Å². The van der Waals surface area contributed by atoms with Crippen molar-refractivity contribution in [3.63, 3.8) is 0 Å². The fourth-order valence-electron chi connectivity index (χ4n) is 2.74. The molecule has 26 heavy (non-hydrogen) atoms. The molecule has 1 N–H and O–H groups in total. The monoisotopic (exact) mass is 357 g/mol. The molecule has 0 atom stereocenters. The van der Waals surface area contributed by atoms with Gasteiger partial charge in [-0.05, 0) is 36.4 Å². The van der Waals surface area contributed by atoms with Gasteiger partial charge in [0.1, 0.15) is 5.82 Å². The Bertz CT molecular complexity index is 911. The van der Waals surface area contributed by atoms with Crippen molar-refractivity contribution in [1.29, 1.82) is 0 Å². The van der Waals surface area contributed by atoms with E-state index in [1.54, 1.807) is 0 Å². The minimum Gasteiger partial charge on any atom is -0.493 e. The number of allylic oxidation sites excluding steroid dienone is 1. The van der Waals surface area contributed by atoms with Gasteiger partial charge in [0.2, 0.25) is 5.75 Å². The highest BCUT2D eigenvalue weighted by Crippen LogP contribution is 2.39. The second kappa shape index (κ2) is 6.87. The lowest BCUT2D eigenvalue weighted by Crippen LogP contribution is -2.06. The van der Waals surface area contributed by atoms with Crippen LogP contribution in [-0.4, -0.2) is 33.0 Å². The first kappa shape index (κ1) is 17.5. The highest BCUT2D eigenvalue weighted by Gasteiger charge is 2.26. The summed E-state index contributed by atoms with van der Waals surface area (Å²) in [4.78, 5) is 24.8. The quantitative estimate of drug-likeness (QED) is 0.658. The number of ketones is 1. The average Bonchev–Trinajstić information content (AvgIpc) is 2.95. The number of carbonyl (C=O) groups excluding carboxylic acids is 2. The van der Waals surface area contributed by atoms with Gasteiger partial charge in [0, 0.05) is 16.8 Å². The topological polar surface area (TPSA) is 73.9 Å². The lowest BCUT2D eigenvalue weighted by molar-refractivity contribution is -0.110. The third-order valence-corrected chi connectivity index (χ3v) is 3.99. The van der Waals surface area contributed by atoms with E-state index in [0.717, 1.165) is 0 Å². The Hall–Kier alpha value is -3.35. The molecule has 134 valence electrons. The highest BCUT2D eigenvalue weighted by atomic mass is 19.1. The number of methoxy groups -OCH3 is 3. The summed E-state index contributed by atoms with van der Waals surface area (Å²) in [6.07, 6.45) is 1.17. The number of benzene rings is 2. The lowest BCUT2D eigenvalue weighted by Gasteiger charge is -2.13. The molecule has 0 unspecified atom stereocenters. The van der Waals surface area contributed by atoms with Gasteiger partial charge in [-0.2, -0.15) is 0 Å². The van der Waals surface area contributed by atoms with Crippen molar-refractivity contribution >= 4 is 23.0 Å². The third kappa shape index (κ3) is 2.99. The first-order chi connectivity index (χ1) is 12.5. The maximum absolute atomic E-state index is 13.5. The Kier molecular flexibility index (Phi) is 4.62. The molecule has 2 aromatic carbocycles. The molecule has 0 aliphatic carbocycles. The van der Waals surface area contributed by atoms with Crippen LogP contribution in [0.5, 0.6) is 17.2 Å². The predicted octanol–water partition coefficient (Wildman–Crippen LogP) is 3.07. The van der Waals surface area contributed by atoms with Gasteiger partial charge in [-0.3, -0.25) is 9.59 Å². The van der Waals surface area contributed by atoms with Gasteiger partial charge >= 0.3 is 0 Å². The van der Waals surface area contributed by atoms with E-state index in [2.05, 4.69) is 5.32 Å². The van der Waals surface area contributed by atoms with Crippen molar-refractivity contribution in [3.8, 4) is 17.2 Å². The van der Waals surface area contributed by atoms with E-state index >= 15 is 0 Å². The molecule has 6 nitrogen and oxygen atoms in total. The van der Waals surface area contributed by atoms with Gasteiger partial charge in [-0.15, -0.1) is 0 Å². The van der Waals surface area contributed by atoms with Crippen LogP contribution < -0.4 is 19.5 Å². The fraction of sp³-hybridized carbons (Fsp3) is 0.158. The Morgan fingerprint density at radius 2 is 1.69 bits per heavy atom. The molecule has 0 radical (unpaired) electrons. The summed E-state index contributed by atoms with van der Waals surface area (Å²) in [5.41, 5.74) is 1.14. The molecule has 1 amide bonds. The van der Waals surface area contributed by atoms with Gasteiger partial charge in [-0.1, -0.05) is 0 Å². The van der Waals surface area contributed by atoms with Crippen LogP contribution in [0.1, 0.15) is 15.9 Å². The van der Waals surface area contributed by atoms with E-state index in [0.29, 0.717) is 28.5 Å². The van der Waals surface area contributed by atoms with Crippen LogP contribution >= 0.6 is 0 Å². The number of hydrogen-bond donors (Lipinski definition) is 1. The molecule has 0 fully saturated rings. The predicted molar refractivity (Wildman–Crippen MR) is 93.4 cm³/mol. The second-order valence-electron chi connectivity index (χ2n) is 5.48. The zero-order valence-electron chi connectivity index (χ0n) is 14.4. The Balaban J connectivity index is 2.05. The molecule has 0 bridgehead atoms. The van der Waals surface area contributed by atoms with Crippen molar-refractivity contribution in [1.82, 2.24) is 0 Å². The number of rotatable bonds is 5. The molecule has 1 aliphatic heterocycles. The van der Waals surface area contributed by atoms with Crippen LogP contribution in [0.2, 0.25) is 0 Å². The number of carbonyl (C=O) groups is 2. The van der Waals surface area contributed by atoms with Gasteiger partial charge in [0.25, 0.3) is 5.91 Å². The summed E-state index contributed by atoms with van der Waals surface area (Å²) in [6, 6.07) is 6.87. The van der Waals surface area contributed by atoms with Crippen molar-refractivity contribution in [2.75, 3.05) is 26.6 Å². The third-order valence-electron chi connectivity index (χ3n) is 3.99. The molecule has 1 heterocycles. The summed E-state index contributed by atoms with van der Waals surface area (Å²) in [6.45, 7) is 0. The largest absolute Gasteiger partial charge is 0.493 e. The molecular formula is C19H16FNO5. The number of anilines is 1. The number of nitrogens with one attached hydrogen (secondary N) is 1. The van der Waals surface area contributed by atoms with Crippen LogP contribution in [0.3, 0.4) is 0 Å². The van der Waals surface area contributed by atoms with Crippen molar-refractivity contribution in [2.45, 2.75) is 0 Å². The Morgan fingerprint density at radius 1 is 1.04 bits per heavy atom. The van der Waals surface area contributed by atoms with Crippen LogP contribution in [0.25, 0.3) is 5.57 Å². The summed E-state index contributed by atoms with van der Waals surface area (Å²) in [5.74, 6) is -0.429. The maximum atomic E-state index is 13.5. The van der Waals surface area contributed by atoms with E-state index in [9.17, 15) is 14.0 Å². The van der Waals surface area contributed by atoms with E-state index in [1.165, 1.54) is 57.7 Å². The average molecular weight is 357 g/mol. The first-order valence-corrected chi connectivity index (χ1v) is 7.65. The zero-order valence-corrected chi connectivity index (χ0v) is 14.4. The van der Waals surface area contributed by atoms with E-state index in [-0.39, 0.29) is 11.1 Å². The normalized spacial score (nSPS) is 14.0. The van der Waals surface area contributed by atoms with Crippen molar-refractivity contribution in [2.24, 2.45) is 0 Å². The number of halogens is 1. The standard InChI is InChI=1S/C19H16FNO5/c1-24-16-6-10(7-17(25-2)18(16)26-3)15(22)9-13-12-8-11(20)4-5-14(12)21-19(13)23/h4-9H,1-3H3,(H,21,23)/b13-9-. The minimum atomic E-state index is -0.494. The van der Waals surface area contributed by atoms with E-state index in [4.69, 9.17) is 14.2 Å². The van der Waals surface area contributed by atoms with Crippen molar-refractivity contribution < 1.29 is 28.2 Å². The van der Waals surface area contributed by atoms with E-state index in [1.807, 2.05) is 0 Å². The molecular weight excluding hydrogens is 341 g/mol. The van der Waals surface area contributed by atoms with Gasteiger partial charge < -0.3 is 19.5 Å². The van der Waals surface area contributed by atoms with Gasteiger partial charge in [-0.25, -0.2) is 4.39 Å². The molecule has 0 aromatic heterocycles. The molecule has 0 saturated heterocycles. The SMILES string of the molecule is COc1cc(C(=O)/C=C2\C(=O)Nc3ccc(F)cc32)cc(OC)c1OC. The Labute approximate surface area is 149 Å². The maximum Gasteiger partial charge on any atom is 0.256 e. The van der Waals surface area contributed by atoms with Crippen molar-refractivity contribution in [3.05, 3.63) is 53.4 Å². The number of amides is 1. The van der Waals surface area contributed by atoms with E-state index < -0.39 is 17.5 Å². The summed E-state index contributed by atoms with van der Waals surface area (Å²) >= 11 is 0. The molecule has 3 rings (SSSR count). The van der Waals surface area contributed by atoms with Gasteiger partial charge in [0.05, 0.1) is 26.9 Å². The number of fused-ring (bicyclic) bond motifs is 1. The lowest BCUT2D eigenvalue weighted by atomic mass is 10.0. The molecule has 1 aliphatic rings. The molecule has 0 saturated carbocycles. The van der Waals surface area contributed by atoms with Crippen LogP contribution in [0.15, 0.2) is 36.4 Å². The highest BCUT2D eigenvalue weighted by molar-refractivity contribution is 6.35. The van der Waals surface area contributed by atoms with Crippen LogP contribution in [-0.2, 0) is 4.79 Å². The van der Waals surface area contributed by atoms with Gasteiger partial charge in [0.15, 0.2) is 17.3 Å².